The highest BCUT2D eigenvalue weighted by Crippen LogP contribution is 2.15. The summed E-state index contributed by atoms with van der Waals surface area (Å²) in [5.41, 5.74) is 1.21. The van der Waals surface area contributed by atoms with Crippen LogP contribution in [-0.2, 0) is 9.47 Å². The van der Waals surface area contributed by atoms with Gasteiger partial charge in [-0.15, -0.1) is 0 Å². The predicted molar refractivity (Wildman–Crippen MR) is 94.0 cm³/mol. The maximum atomic E-state index is 12.6. The van der Waals surface area contributed by atoms with Crippen LogP contribution in [0.15, 0.2) is 6.20 Å². The topological polar surface area (TPSA) is 79.8 Å². The number of aromatic nitrogens is 2. The summed E-state index contributed by atoms with van der Waals surface area (Å²) in [7, 11) is 3.75. The van der Waals surface area contributed by atoms with Crippen molar-refractivity contribution in [3.05, 3.63) is 17.5 Å². The molecule has 0 spiro atoms. The fraction of sp³-hybridized carbons (Fsp3) is 0.706. The summed E-state index contributed by atoms with van der Waals surface area (Å²) >= 11 is 0. The van der Waals surface area contributed by atoms with Crippen molar-refractivity contribution in [3.8, 4) is 0 Å². The number of carbonyl (C=O) groups is 1. The molecule has 0 aromatic carbocycles. The average Bonchev–Trinajstić information content (AvgIpc) is 2.62. The van der Waals surface area contributed by atoms with Gasteiger partial charge >= 0.3 is 0 Å². The van der Waals surface area contributed by atoms with Crippen molar-refractivity contribution in [1.82, 2.24) is 20.2 Å². The number of carbonyl (C=O) groups excluding carboxylic acids is 1. The lowest BCUT2D eigenvalue weighted by molar-refractivity contribution is -0.0479. The van der Waals surface area contributed by atoms with Gasteiger partial charge in [0.1, 0.15) is 6.10 Å². The SMILES string of the molecule is CO[C@@H]1COCC[C@H]1NC(=O)c1cnc(N2CCN(C)CC2)nc1C. The predicted octanol–water partition coefficient (Wildman–Crippen LogP) is 0.0705. The van der Waals surface area contributed by atoms with E-state index in [0.29, 0.717) is 30.4 Å². The molecule has 3 heterocycles. The molecule has 1 amide bonds. The second-order valence-corrected chi connectivity index (χ2v) is 6.68. The maximum Gasteiger partial charge on any atom is 0.255 e. The Kier molecular flexibility index (Phi) is 5.82. The van der Waals surface area contributed by atoms with E-state index in [9.17, 15) is 4.79 Å². The van der Waals surface area contributed by atoms with Crippen LogP contribution in [0.5, 0.6) is 0 Å². The summed E-state index contributed by atoms with van der Waals surface area (Å²) in [6, 6.07) is -0.0528. The number of piperazine rings is 1. The third-order valence-electron chi connectivity index (χ3n) is 4.92. The third kappa shape index (κ3) is 4.26. The van der Waals surface area contributed by atoms with Crippen LogP contribution >= 0.6 is 0 Å². The Morgan fingerprint density at radius 3 is 2.80 bits per heavy atom. The summed E-state index contributed by atoms with van der Waals surface area (Å²) in [5.74, 6) is 0.541. The van der Waals surface area contributed by atoms with Gasteiger partial charge in [-0.05, 0) is 20.4 Å². The number of nitrogens with zero attached hydrogens (tertiary/aromatic N) is 4. The molecule has 8 nitrogen and oxygen atoms in total. The molecule has 25 heavy (non-hydrogen) atoms. The van der Waals surface area contributed by atoms with E-state index in [1.807, 2.05) is 6.92 Å². The Hall–Kier alpha value is -1.77. The minimum Gasteiger partial charge on any atom is -0.379 e. The van der Waals surface area contributed by atoms with E-state index in [4.69, 9.17) is 9.47 Å². The van der Waals surface area contributed by atoms with Gasteiger partial charge < -0.3 is 24.6 Å². The zero-order valence-electron chi connectivity index (χ0n) is 15.2. The fourth-order valence-electron chi connectivity index (χ4n) is 3.19. The Morgan fingerprint density at radius 2 is 2.12 bits per heavy atom. The minimum atomic E-state index is -0.156. The molecule has 0 aliphatic carbocycles. The molecule has 2 atom stereocenters. The van der Waals surface area contributed by atoms with Crippen LogP contribution in [0, 0.1) is 6.92 Å². The summed E-state index contributed by atoms with van der Waals surface area (Å²) in [5, 5.41) is 3.04. The van der Waals surface area contributed by atoms with Gasteiger partial charge in [0.15, 0.2) is 0 Å². The second-order valence-electron chi connectivity index (χ2n) is 6.68. The first-order chi connectivity index (χ1) is 12.1. The van der Waals surface area contributed by atoms with Crippen LogP contribution < -0.4 is 10.2 Å². The van der Waals surface area contributed by atoms with E-state index in [1.165, 1.54) is 0 Å². The number of hydrogen-bond donors (Lipinski definition) is 1. The lowest BCUT2D eigenvalue weighted by Gasteiger charge is -2.32. The van der Waals surface area contributed by atoms with E-state index in [1.54, 1.807) is 13.3 Å². The van der Waals surface area contributed by atoms with Crippen molar-refractivity contribution in [1.29, 1.82) is 0 Å². The molecule has 1 aromatic heterocycles. The number of hydrogen-bond acceptors (Lipinski definition) is 7. The van der Waals surface area contributed by atoms with E-state index < -0.39 is 0 Å². The molecule has 0 bridgehead atoms. The van der Waals surface area contributed by atoms with E-state index >= 15 is 0 Å². The van der Waals surface area contributed by atoms with Crippen molar-refractivity contribution in [2.45, 2.75) is 25.5 Å². The number of anilines is 1. The number of aryl methyl sites for hydroxylation is 1. The van der Waals surface area contributed by atoms with Gasteiger partial charge in [-0.2, -0.15) is 0 Å². The molecule has 1 N–H and O–H groups in total. The zero-order chi connectivity index (χ0) is 17.8. The van der Waals surface area contributed by atoms with Crippen LogP contribution in [0.25, 0.3) is 0 Å². The molecule has 0 unspecified atom stereocenters. The lowest BCUT2D eigenvalue weighted by atomic mass is 10.1. The number of nitrogens with one attached hydrogen (secondary N) is 1. The summed E-state index contributed by atoms with van der Waals surface area (Å²) < 4.78 is 10.8. The smallest absolute Gasteiger partial charge is 0.255 e. The Labute approximate surface area is 148 Å². The highest BCUT2D eigenvalue weighted by molar-refractivity contribution is 5.95. The summed E-state index contributed by atoms with van der Waals surface area (Å²) in [6.07, 6.45) is 2.25. The van der Waals surface area contributed by atoms with Crippen LogP contribution in [0.4, 0.5) is 5.95 Å². The molecule has 2 aliphatic rings. The van der Waals surface area contributed by atoms with Crippen molar-refractivity contribution >= 4 is 11.9 Å². The highest BCUT2D eigenvalue weighted by Gasteiger charge is 2.28. The molecular weight excluding hydrogens is 322 g/mol. The zero-order valence-corrected chi connectivity index (χ0v) is 15.2. The minimum absolute atomic E-state index is 0.0528. The van der Waals surface area contributed by atoms with Crippen molar-refractivity contribution in [3.63, 3.8) is 0 Å². The molecule has 138 valence electrons. The fourth-order valence-corrected chi connectivity index (χ4v) is 3.19. The lowest BCUT2D eigenvalue weighted by Crippen LogP contribution is -2.49. The maximum absolute atomic E-state index is 12.6. The first kappa shape index (κ1) is 18.0. The molecule has 0 saturated carbocycles. The van der Waals surface area contributed by atoms with Crippen molar-refractivity contribution in [2.75, 3.05) is 58.5 Å². The van der Waals surface area contributed by atoms with E-state index in [0.717, 1.165) is 32.6 Å². The quantitative estimate of drug-likeness (QED) is 0.824. The van der Waals surface area contributed by atoms with Gasteiger partial charge in [-0.3, -0.25) is 4.79 Å². The monoisotopic (exact) mass is 349 g/mol. The van der Waals surface area contributed by atoms with E-state index in [2.05, 4.69) is 32.1 Å². The number of likely N-dealkylation sites (N-methyl/N-ethyl adjacent to an activating group) is 1. The van der Waals surface area contributed by atoms with Crippen LogP contribution in [0.2, 0.25) is 0 Å². The molecule has 2 saturated heterocycles. The standard InChI is InChI=1S/C17H27N5O3/c1-12-13(16(23)20-14-4-9-25-11-15(14)24-3)10-18-17(19-12)22-7-5-21(2)6-8-22/h10,14-15H,4-9,11H2,1-3H3,(H,20,23)/t14-,15-/m1/s1. The number of methoxy groups -OCH3 is 1. The average molecular weight is 349 g/mol. The van der Waals surface area contributed by atoms with Gasteiger partial charge in [0.25, 0.3) is 5.91 Å². The molecule has 0 radical (unpaired) electrons. The van der Waals surface area contributed by atoms with Gasteiger partial charge in [-0.1, -0.05) is 0 Å². The number of amides is 1. The first-order valence-corrected chi connectivity index (χ1v) is 8.77. The third-order valence-corrected chi connectivity index (χ3v) is 4.92. The number of rotatable bonds is 4. The van der Waals surface area contributed by atoms with Gasteiger partial charge in [0.05, 0.1) is 23.9 Å². The second kappa shape index (κ2) is 8.07. The molecule has 3 rings (SSSR count). The molecular formula is C17H27N5O3. The van der Waals surface area contributed by atoms with Gasteiger partial charge in [0, 0.05) is 46.1 Å². The molecule has 2 fully saturated rings. The Balaban J connectivity index is 1.66. The van der Waals surface area contributed by atoms with Crippen LogP contribution in [-0.4, -0.2) is 86.5 Å². The molecule has 8 heteroatoms. The van der Waals surface area contributed by atoms with Crippen molar-refractivity contribution in [2.24, 2.45) is 0 Å². The summed E-state index contributed by atoms with van der Waals surface area (Å²) in [4.78, 5) is 26.0. The molecule has 2 aliphatic heterocycles. The molecule has 1 aromatic rings. The van der Waals surface area contributed by atoms with Crippen LogP contribution in [0.3, 0.4) is 0 Å². The summed E-state index contributed by atoms with van der Waals surface area (Å²) in [6.45, 7) is 6.77. The number of ether oxygens (including phenoxy) is 2. The largest absolute Gasteiger partial charge is 0.379 e. The van der Waals surface area contributed by atoms with Gasteiger partial charge in [0.2, 0.25) is 5.95 Å². The highest BCUT2D eigenvalue weighted by atomic mass is 16.5. The Morgan fingerprint density at radius 1 is 1.36 bits per heavy atom. The van der Waals surface area contributed by atoms with Crippen molar-refractivity contribution < 1.29 is 14.3 Å². The Bertz CT molecular complexity index is 604. The van der Waals surface area contributed by atoms with E-state index in [-0.39, 0.29) is 18.1 Å². The van der Waals surface area contributed by atoms with Crippen LogP contribution in [0.1, 0.15) is 22.5 Å². The first-order valence-electron chi connectivity index (χ1n) is 8.77. The van der Waals surface area contributed by atoms with Gasteiger partial charge in [-0.25, -0.2) is 9.97 Å². The normalized spacial score (nSPS) is 25.0.